The van der Waals surface area contributed by atoms with Gasteiger partial charge in [-0.15, -0.1) is 11.3 Å². The summed E-state index contributed by atoms with van der Waals surface area (Å²) in [7, 11) is 0. The Morgan fingerprint density at radius 3 is 2.28 bits per heavy atom. The van der Waals surface area contributed by atoms with Crippen molar-refractivity contribution in [2.24, 2.45) is 9.98 Å². The van der Waals surface area contributed by atoms with Crippen LogP contribution in [0.15, 0.2) is 107 Å². The predicted octanol–water partition coefficient (Wildman–Crippen LogP) is 5.83. The Hall–Kier alpha value is -4.35. The first-order valence-electron chi connectivity index (χ1n) is 11.3. The van der Waals surface area contributed by atoms with E-state index in [4.69, 9.17) is 15.2 Å². The monoisotopic (exact) mass is 490 g/mol. The van der Waals surface area contributed by atoms with Gasteiger partial charge in [-0.3, -0.25) is 15.2 Å². The first kappa shape index (κ1) is 23.4. The standard InChI is InChI=1S/C29H22N4O2S/c1-20(33(22-8-4-2-5-9-22)23-10-6-3-7-11-23)25-13-14-26(29-28(25)31-19-32-29)27-15-12-24(36-27)16-21(17-30)18-35-34/h2-16,34H,1,18-19H2/b21-16-. The summed E-state index contributed by atoms with van der Waals surface area (Å²) < 4.78 is 0. The third kappa shape index (κ3) is 4.61. The summed E-state index contributed by atoms with van der Waals surface area (Å²) in [6.07, 6.45) is 1.71. The average Bonchev–Trinajstić information content (AvgIpc) is 3.59. The van der Waals surface area contributed by atoms with Crippen LogP contribution in [-0.4, -0.2) is 18.5 Å². The van der Waals surface area contributed by atoms with Gasteiger partial charge in [0, 0.05) is 38.0 Å². The van der Waals surface area contributed by atoms with Crippen molar-refractivity contribution < 1.29 is 10.1 Å². The number of hydrogen-bond donors (Lipinski definition) is 1. The van der Waals surface area contributed by atoms with Gasteiger partial charge in [0.2, 0.25) is 0 Å². The highest BCUT2D eigenvalue weighted by Crippen LogP contribution is 2.33. The Balaban J connectivity index is 1.56. The molecule has 0 atom stereocenters. The molecule has 1 aromatic heterocycles. The van der Waals surface area contributed by atoms with Crippen LogP contribution in [0.2, 0.25) is 0 Å². The lowest BCUT2D eigenvalue weighted by molar-refractivity contribution is -0.233. The molecule has 1 aliphatic heterocycles. The SMILES string of the molecule is C=C(c1ccc(-c2ccc(/C=C(/C#N)COO)s2)c2c1=NCN=2)N(c1ccccc1)c1ccccc1. The van der Waals surface area contributed by atoms with Crippen LogP contribution in [0.5, 0.6) is 0 Å². The molecule has 1 aliphatic rings. The molecule has 0 bridgehead atoms. The Morgan fingerprint density at radius 1 is 0.972 bits per heavy atom. The normalized spacial score (nSPS) is 12.3. The molecule has 36 heavy (non-hydrogen) atoms. The van der Waals surface area contributed by atoms with Crippen molar-refractivity contribution in [1.82, 2.24) is 0 Å². The predicted molar refractivity (Wildman–Crippen MR) is 143 cm³/mol. The van der Waals surface area contributed by atoms with Gasteiger partial charge in [-0.25, -0.2) is 4.89 Å². The van der Waals surface area contributed by atoms with Crippen LogP contribution in [0.3, 0.4) is 0 Å². The van der Waals surface area contributed by atoms with E-state index in [0.717, 1.165) is 48.7 Å². The van der Waals surface area contributed by atoms with Crippen LogP contribution in [0, 0.1) is 11.3 Å². The van der Waals surface area contributed by atoms with E-state index in [-0.39, 0.29) is 6.61 Å². The van der Waals surface area contributed by atoms with Crippen LogP contribution >= 0.6 is 11.3 Å². The molecular formula is C29H22N4O2S. The highest BCUT2D eigenvalue weighted by molar-refractivity contribution is 7.16. The number of nitriles is 1. The molecule has 6 nitrogen and oxygen atoms in total. The van der Waals surface area contributed by atoms with Crippen LogP contribution in [0.25, 0.3) is 22.2 Å². The van der Waals surface area contributed by atoms with E-state index in [9.17, 15) is 5.26 Å². The molecule has 0 saturated heterocycles. The largest absolute Gasteiger partial charge is 0.310 e. The Morgan fingerprint density at radius 2 is 1.64 bits per heavy atom. The third-order valence-corrected chi connectivity index (χ3v) is 6.86. The molecule has 0 fully saturated rings. The summed E-state index contributed by atoms with van der Waals surface area (Å²) >= 11 is 1.54. The maximum atomic E-state index is 9.22. The van der Waals surface area contributed by atoms with Crippen molar-refractivity contribution in [3.8, 4) is 16.5 Å². The molecule has 0 amide bonds. The van der Waals surface area contributed by atoms with Crippen LogP contribution in [-0.2, 0) is 4.89 Å². The smallest absolute Gasteiger partial charge is 0.130 e. The number of hydrogen-bond acceptors (Lipinski definition) is 7. The maximum Gasteiger partial charge on any atom is 0.130 e. The molecule has 0 saturated carbocycles. The highest BCUT2D eigenvalue weighted by Gasteiger charge is 2.19. The highest BCUT2D eigenvalue weighted by atomic mass is 32.1. The lowest BCUT2D eigenvalue weighted by atomic mass is 10.0. The molecule has 1 N–H and O–H groups in total. The van der Waals surface area contributed by atoms with Crippen molar-refractivity contribution in [2.75, 3.05) is 18.2 Å². The number of thiophene rings is 1. The zero-order chi connectivity index (χ0) is 24.9. The lowest BCUT2D eigenvalue weighted by Crippen LogP contribution is -2.30. The van der Waals surface area contributed by atoms with Crippen LogP contribution < -0.4 is 15.6 Å². The number of nitrogens with zero attached hydrogens (tertiary/aromatic N) is 4. The molecule has 0 spiro atoms. The summed E-state index contributed by atoms with van der Waals surface area (Å²) in [6.45, 7) is 4.70. The fourth-order valence-corrected chi connectivity index (χ4v) is 5.17. The topological polar surface area (TPSA) is 81.2 Å². The lowest BCUT2D eigenvalue weighted by Gasteiger charge is -2.27. The molecule has 7 heteroatoms. The summed E-state index contributed by atoms with van der Waals surface area (Å²) in [4.78, 5) is 17.6. The van der Waals surface area contributed by atoms with E-state index >= 15 is 0 Å². The zero-order valence-corrected chi connectivity index (χ0v) is 20.2. The molecule has 0 radical (unpaired) electrons. The molecular weight excluding hydrogens is 468 g/mol. The first-order valence-corrected chi connectivity index (χ1v) is 12.1. The number of anilines is 2. The van der Waals surface area contributed by atoms with Crippen molar-refractivity contribution >= 4 is 34.5 Å². The minimum absolute atomic E-state index is 0.149. The second-order valence-corrected chi connectivity index (χ2v) is 9.14. The van der Waals surface area contributed by atoms with Gasteiger partial charge in [0.15, 0.2) is 0 Å². The van der Waals surface area contributed by atoms with Gasteiger partial charge in [0.05, 0.1) is 22.4 Å². The second kappa shape index (κ2) is 10.5. The van der Waals surface area contributed by atoms with Gasteiger partial charge < -0.3 is 4.90 Å². The van der Waals surface area contributed by atoms with Gasteiger partial charge >= 0.3 is 0 Å². The average molecular weight is 491 g/mol. The van der Waals surface area contributed by atoms with Crippen LogP contribution in [0.1, 0.15) is 10.4 Å². The number of fused-ring (bicyclic) bond motifs is 1. The van der Waals surface area contributed by atoms with E-state index < -0.39 is 0 Å². The van der Waals surface area contributed by atoms with E-state index in [0.29, 0.717) is 12.2 Å². The molecule has 0 aliphatic carbocycles. The van der Waals surface area contributed by atoms with Gasteiger partial charge in [0.1, 0.15) is 13.3 Å². The van der Waals surface area contributed by atoms with Gasteiger partial charge in [-0.1, -0.05) is 49.0 Å². The fraction of sp³-hybridized carbons (Fsp3) is 0.0690. The maximum absolute atomic E-state index is 9.22. The summed E-state index contributed by atoms with van der Waals surface area (Å²) in [5.41, 5.74) is 5.08. The molecule has 4 aromatic rings. The van der Waals surface area contributed by atoms with Crippen molar-refractivity contribution in [1.29, 1.82) is 5.26 Å². The van der Waals surface area contributed by atoms with Gasteiger partial charge in [-0.05, 0) is 48.5 Å². The fourth-order valence-electron chi connectivity index (χ4n) is 4.17. The number of benzene rings is 3. The Labute approximate surface area is 212 Å². The summed E-state index contributed by atoms with van der Waals surface area (Å²) in [5, 5.41) is 19.5. The number of rotatable bonds is 8. The molecule has 176 valence electrons. The van der Waals surface area contributed by atoms with Gasteiger partial charge in [0.25, 0.3) is 0 Å². The van der Waals surface area contributed by atoms with Crippen molar-refractivity contribution in [3.05, 3.63) is 118 Å². The van der Waals surface area contributed by atoms with Crippen molar-refractivity contribution in [2.45, 2.75) is 0 Å². The molecule has 0 unspecified atom stereocenters. The van der Waals surface area contributed by atoms with E-state index in [1.54, 1.807) is 6.08 Å². The first-order chi connectivity index (χ1) is 17.7. The van der Waals surface area contributed by atoms with Gasteiger partial charge in [-0.2, -0.15) is 5.26 Å². The molecule has 5 rings (SSSR count). The third-order valence-electron chi connectivity index (χ3n) is 5.79. The van der Waals surface area contributed by atoms with Crippen LogP contribution in [0.4, 0.5) is 11.4 Å². The Bertz CT molecular complexity index is 1560. The minimum atomic E-state index is -0.149. The van der Waals surface area contributed by atoms with E-state index in [1.165, 1.54) is 11.3 Å². The van der Waals surface area contributed by atoms with Crippen molar-refractivity contribution in [3.63, 3.8) is 0 Å². The van der Waals surface area contributed by atoms with E-state index in [1.807, 2.05) is 54.6 Å². The zero-order valence-electron chi connectivity index (χ0n) is 19.3. The second-order valence-electron chi connectivity index (χ2n) is 8.03. The molecule has 2 heterocycles. The summed E-state index contributed by atoms with van der Waals surface area (Å²) in [6, 6.07) is 30.4. The molecule has 3 aromatic carbocycles. The Kier molecular flexibility index (Phi) is 6.83. The summed E-state index contributed by atoms with van der Waals surface area (Å²) in [5.74, 6) is 0. The quantitative estimate of drug-likeness (QED) is 0.191. The van der Waals surface area contributed by atoms with E-state index in [2.05, 4.69) is 52.8 Å². The minimum Gasteiger partial charge on any atom is -0.310 e. The number of para-hydroxylation sites is 2.